The number of carbonyl (C=O) groups is 1. The summed E-state index contributed by atoms with van der Waals surface area (Å²) in [6, 6.07) is 6.01. The number of nitrogens with one attached hydrogen (secondary N) is 1. The summed E-state index contributed by atoms with van der Waals surface area (Å²) in [5.41, 5.74) is 1.67. The molecule has 2 aliphatic rings. The monoisotopic (exact) mass is 263 g/mol. The molecule has 0 unspecified atom stereocenters. The van der Waals surface area contributed by atoms with Crippen molar-refractivity contribution in [2.24, 2.45) is 5.41 Å². The van der Waals surface area contributed by atoms with E-state index in [1.165, 1.54) is 12.7 Å². The number of benzene rings is 1. The topological polar surface area (TPSA) is 56.8 Å². The van der Waals surface area contributed by atoms with Gasteiger partial charge in [-0.1, -0.05) is 0 Å². The van der Waals surface area contributed by atoms with Gasteiger partial charge >= 0.3 is 5.97 Å². The maximum Gasteiger partial charge on any atom is 0.318 e. The lowest BCUT2D eigenvalue weighted by atomic mass is 9.86. The van der Waals surface area contributed by atoms with E-state index in [0.717, 1.165) is 24.5 Å². The van der Waals surface area contributed by atoms with E-state index in [9.17, 15) is 4.79 Å². The van der Waals surface area contributed by atoms with Crippen LogP contribution in [0.5, 0.6) is 5.75 Å². The number of rotatable bonds is 4. The Hall–Kier alpha value is -1.75. The fourth-order valence-corrected chi connectivity index (χ4v) is 2.42. The highest BCUT2D eigenvalue weighted by atomic mass is 16.5. The van der Waals surface area contributed by atoms with Crippen molar-refractivity contribution in [1.82, 2.24) is 0 Å². The predicted octanol–water partition coefficient (Wildman–Crippen LogP) is 1.22. The Labute approximate surface area is 111 Å². The van der Waals surface area contributed by atoms with Crippen molar-refractivity contribution < 1.29 is 19.0 Å². The van der Waals surface area contributed by atoms with Crippen molar-refractivity contribution in [3.05, 3.63) is 23.8 Å². The Bertz CT molecular complexity index is 496. The van der Waals surface area contributed by atoms with Crippen LogP contribution in [0.3, 0.4) is 0 Å². The summed E-state index contributed by atoms with van der Waals surface area (Å²) in [5.74, 6) is 0.746. The molecular formula is C14H17NO4. The molecule has 1 N–H and O–H groups in total. The van der Waals surface area contributed by atoms with Crippen LogP contribution in [0.2, 0.25) is 0 Å². The molecule has 0 amide bonds. The Kier molecular flexibility index (Phi) is 3.06. The minimum absolute atomic E-state index is 0.212. The largest absolute Gasteiger partial charge is 0.493 e. The molecule has 1 aromatic carbocycles. The first-order valence-corrected chi connectivity index (χ1v) is 6.39. The van der Waals surface area contributed by atoms with E-state index in [1.54, 1.807) is 0 Å². The standard InChI is InChI=1S/C14H17NO4/c1-17-13(16)14(8-18-9-14)7-15-11-2-3-12-10(6-11)4-5-19-12/h2-3,6,15H,4-5,7-9H2,1H3. The molecule has 0 radical (unpaired) electrons. The van der Waals surface area contributed by atoms with Gasteiger partial charge in [0.25, 0.3) is 0 Å². The highest BCUT2D eigenvalue weighted by Gasteiger charge is 2.47. The van der Waals surface area contributed by atoms with Crippen LogP contribution in [0.1, 0.15) is 5.56 Å². The molecule has 102 valence electrons. The third-order valence-corrected chi connectivity index (χ3v) is 3.70. The van der Waals surface area contributed by atoms with Crippen molar-refractivity contribution in [2.45, 2.75) is 6.42 Å². The molecule has 0 atom stereocenters. The SMILES string of the molecule is COC(=O)C1(CNc2ccc3c(c2)CCO3)COC1. The molecule has 0 spiro atoms. The zero-order valence-electron chi connectivity index (χ0n) is 10.9. The van der Waals surface area contributed by atoms with Crippen molar-refractivity contribution in [2.75, 3.05) is 38.8 Å². The smallest absolute Gasteiger partial charge is 0.318 e. The van der Waals surface area contributed by atoms with E-state index >= 15 is 0 Å². The maximum atomic E-state index is 11.8. The molecule has 3 rings (SSSR count). The zero-order chi connectivity index (χ0) is 13.3. The van der Waals surface area contributed by atoms with E-state index < -0.39 is 5.41 Å². The van der Waals surface area contributed by atoms with Crippen LogP contribution in [-0.4, -0.2) is 39.4 Å². The highest BCUT2D eigenvalue weighted by Crippen LogP contribution is 2.31. The molecule has 2 aliphatic heterocycles. The van der Waals surface area contributed by atoms with Gasteiger partial charge in [0.2, 0.25) is 0 Å². The van der Waals surface area contributed by atoms with Crippen molar-refractivity contribution in [1.29, 1.82) is 0 Å². The number of esters is 1. The van der Waals surface area contributed by atoms with Gasteiger partial charge in [-0.2, -0.15) is 0 Å². The third-order valence-electron chi connectivity index (χ3n) is 3.70. The summed E-state index contributed by atoms with van der Waals surface area (Å²) in [6.07, 6.45) is 0.941. The Balaban J connectivity index is 1.67. The molecule has 1 saturated heterocycles. The van der Waals surface area contributed by atoms with Crippen molar-refractivity contribution in [3.8, 4) is 5.75 Å². The summed E-state index contributed by atoms with van der Waals surface area (Å²) in [4.78, 5) is 11.8. The van der Waals surface area contributed by atoms with E-state index in [4.69, 9.17) is 14.2 Å². The average Bonchev–Trinajstić information content (AvgIpc) is 2.84. The second-order valence-corrected chi connectivity index (χ2v) is 5.04. The molecular weight excluding hydrogens is 246 g/mol. The minimum Gasteiger partial charge on any atom is -0.493 e. The first-order chi connectivity index (χ1) is 9.23. The zero-order valence-corrected chi connectivity index (χ0v) is 10.9. The van der Waals surface area contributed by atoms with E-state index in [0.29, 0.717) is 19.8 Å². The first kappa shape index (κ1) is 12.3. The van der Waals surface area contributed by atoms with Gasteiger partial charge in [-0.05, 0) is 23.8 Å². The molecule has 0 saturated carbocycles. The number of anilines is 1. The van der Waals surface area contributed by atoms with Crippen molar-refractivity contribution >= 4 is 11.7 Å². The predicted molar refractivity (Wildman–Crippen MR) is 69.4 cm³/mol. The molecule has 0 aromatic heterocycles. The maximum absolute atomic E-state index is 11.8. The molecule has 19 heavy (non-hydrogen) atoms. The molecule has 0 aliphatic carbocycles. The van der Waals surface area contributed by atoms with Crippen LogP contribution in [0, 0.1) is 5.41 Å². The second kappa shape index (κ2) is 4.74. The summed E-state index contributed by atoms with van der Waals surface area (Å²) < 4.78 is 15.5. The van der Waals surface area contributed by atoms with Crippen LogP contribution in [0.15, 0.2) is 18.2 Å². The number of hydrogen-bond acceptors (Lipinski definition) is 5. The number of hydrogen-bond donors (Lipinski definition) is 1. The van der Waals surface area contributed by atoms with Gasteiger partial charge in [-0.25, -0.2) is 0 Å². The minimum atomic E-state index is -0.537. The highest BCUT2D eigenvalue weighted by molar-refractivity contribution is 5.79. The molecule has 1 fully saturated rings. The number of fused-ring (bicyclic) bond motifs is 1. The van der Waals surface area contributed by atoms with E-state index in [-0.39, 0.29) is 5.97 Å². The fraction of sp³-hybridized carbons (Fsp3) is 0.500. The number of ether oxygens (including phenoxy) is 3. The van der Waals surface area contributed by atoms with Gasteiger partial charge < -0.3 is 19.5 Å². The summed E-state index contributed by atoms with van der Waals surface area (Å²) in [7, 11) is 1.41. The lowest BCUT2D eigenvalue weighted by Gasteiger charge is -2.38. The lowest BCUT2D eigenvalue weighted by molar-refractivity contribution is -0.180. The Morgan fingerprint density at radius 1 is 1.47 bits per heavy atom. The molecule has 0 bridgehead atoms. The summed E-state index contributed by atoms with van der Waals surface area (Å²) in [6.45, 7) is 2.11. The Morgan fingerprint density at radius 3 is 3.00 bits per heavy atom. The quantitative estimate of drug-likeness (QED) is 0.828. The summed E-state index contributed by atoms with van der Waals surface area (Å²) >= 11 is 0. The average molecular weight is 263 g/mol. The van der Waals surface area contributed by atoms with Gasteiger partial charge in [-0.15, -0.1) is 0 Å². The summed E-state index contributed by atoms with van der Waals surface area (Å²) in [5, 5.41) is 3.30. The molecule has 1 aromatic rings. The van der Waals surface area contributed by atoms with Gasteiger partial charge in [-0.3, -0.25) is 4.79 Å². The van der Waals surface area contributed by atoms with Crippen LogP contribution >= 0.6 is 0 Å². The molecule has 5 heteroatoms. The van der Waals surface area contributed by atoms with Crippen LogP contribution in [0.25, 0.3) is 0 Å². The molecule has 5 nitrogen and oxygen atoms in total. The van der Waals surface area contributed by atoms with E-state index in [1.807, 2.05) is 12.1 Å². The lowest BCUT2D eigenvalue weighted by Crippen LogP contribution is -2.54. The third kappa shape index (κ3) is 2.14. The fourth-order valence-electron chi connectivity index (χ4n) is 2.42. The number of carbonyl (C=O) groups excluding carboxylic acids is 1. The van der Waals surface area contributed by atoms with Gasteiger partial charge in [0.15, 0.2) is 0 Å². The van der Waals surface area contributed by atoms with Crippen molar-refractivity contribution in [3.63, 3.8) is 0 Å². The van der Waals surface area contributed by atoms with E-state index in [2.05, 4.69) is 11.4 Å². The van der Waals surface area contributed by atoms with Gasteiger partial charge in [0.1, 0.15) is 11.2 Å². The van der Waals surface area contributed by atoms with Crippen LogP contribution in [-0.2, 0) is 20.7 Å². The van der Waals surface area contributed by atoms with Gasteiger partial charge in [0, 0.05) is 18.7 Å². The number of methoxy groups -OCH3 is 1. The normalized spacial score (nSPS) is 19.0. The van der Waals surface area contributed by atoms with Gasteiger partial charge in [0.05, 0.1) is 26.9 Å². The van der Waals surface area contributed by atoms with Crippen LogP contribution < -0.4 is 10.1 Å². The Morgan fingerprint density at radius 2 is 2.32 bits per heavy atom. The first-order valence-electron chi connectivity index (χ1n) is 6.39. The molecule has 2 heterocycles. The van der Waals surface area contributed by atoms with Crippen LogP contribution in [0.4, 0.5) is 5.69 Å². The second-order valence-electron chi connectivity index (χ2n) is 5.04.